The van der Waals surface area contributed by atoms with Gasteiger partial charge >= 0.3 is 6.18 Å². The van der Waals surface area contributed by atoms with Crippen LogP contribution in [-0.4, -0.2) is 11.3 Å². The van der Waals surface area contributed by atoms with Gasteiger partial charge in [-0.25, -0.2) is 0 Å². The molecule has 0 aliphatic carbocycles. The fraction of sp³-hybridized carbons (Fsp3) is 0.300. The van der Waals surface area contributed by atoms with Crippen LogP contribution in [0.4, 0.5) is 13.2 Å². The van der Waals surface area contributed by atoms with E-state index in [1.165, 1.54) is 19.1 Å². The van der Waals surface area contributed by atoms with Crippen LogP contribution in [0, 0.1) is 0 Å². The zero-order valence-electron chi connectivity index (χ0n) is 8.22. The predicted molar refractivity (Wildman–Crippen MR) is 52.4 cm³/mol. The van der Waals surface area contributed by atoms with Gasteiger partial charge in [0.05, 0.1) is 5.56 Å². The summed E-state index contributed by atoms with van der Waals surface area (Å²) in [4.78, 5) is 10.6. The minimum atomic E-state index is -4.44. The van der Waals surface area contributed by atoms with E-state index in [0.717, 1.165) is 12.1 Å². The molecule has 16 heavy (non-hydrogen) atoms. The first kappa shape index (κ1) is 12.8. The Morgan fingerprint density at radius 3 is 2.56 bits per heavy atom. The molecule has 0 spiro atoms. The van der Waals surface area contributed by atoms with Crippen molar-refractivity contribution < 1.29 is 22.7 Å². The lowest BCUT2D eigenvalue weighted by atomic mass is 10.2. The Balaban J connectivity index is 2.87. The van der Waals surface area contributed by atoms with Crippen LogP contribution in [0.5, 0.6) is 5.75 Å². The summed E-state index contributed by atoms with van der Waals surface area (Å²) >= 11 is 5.12. The first-order valence-corrected chi connectivity index (χ1v) is 4.72. The van der Waals surface area contributed by atoms with E-state index in [-0.39, 0.29) is 5.75 Å². The van der Waals surface area contributed by atoms with Gasteiger partial charge in [-0.1, -0.05) is 6.07 Å². The number of benzene rings is 1. The van der Waals surface area contributed by atoms with E-state index < -0.39 is 23.1 Å². The maximum Gasteiger partial charge on any atom is 0.416 e. The Labute approximate surface area is 95.0 Å². The zero-order valence-corrected chi connectivity index (χ0v) is 8.97. The molecular weight excluding hydrogens is 245 g/mol. The summed E-state index contributed by atoms with van der Waals surface area (Å²) in [5.74, 6) is -0.0451. The fourth-order valence-corrected chi connectivity index (χ4v) is 1.04. The van der Waals surface area contributed by atoms with Crippen molar-refractivity contribution in [2.45, 2.75) is 19.2 Å². The molecule has 0 aliphatic heterocycles. The third-order valence-electron chi connectivity index (χ3n) is 1.79. The molecular formula is C10H8ClF3O2. The lowest BCUT2D eigenvalue weighted by molar-refractivity contribution is -0.137. The molecule has 1 atom stereocenters. The van der Waals surface area contributed by atoms with Gasteiger partial charge in [0.15, 0.2) is 6.10 Å². The fourth-order valence-electron chi connectivity index (χ4n) is 0.996. The molecule has 1 rings (SSSR count). The molecule has 0 aliphatic rings. The van der Waals surface area contributed by atoms with E-state index in [9.17, 15) is 18.0 Å². The number of carbonyl (C=O) groups excluding carboxylic acids is 1. The van der Waals surface area contributed by atoms with Gasteiger partial charge in [-0.3, -0.25) is 4.79 Å². The van der Waals surface area contributed by atoms with Crippen LogP contribution in [0.25, 0.3) is 0 Å². The lowest BCUT2D eigenvalue weighted by Crippen LogP contribution is -2.19. The molecule has 0 saturated heterocycles. The van der Waals surface area contributed by atoms with Gasteiger partial charge in [-0.05, 0) is 36.7 Å². The molecule has 88 valence electrons. The Bertz CT molecular complexity index is 390. The maximum atomic E-state index is 12.3. The van der Waals surface area contributed by atoms with Crippen LogP contribution in [0.3, 0.4) is 0 Å². The second-order valence-corrected chi connectivity index (χ2v) is 3.46. The molecule has 0 aromatic heterocycles. The smallest absolute Gasteiger partial charge is 0.416 e. The van der Waals surface area contributed by atoms with Crippen LogP contribution in [0.2, 0.25) is 0 Å². The molecule has 0 fully saturated rings. The molecule has 0 amide bonds. The first-order chi connectivity index (χ1) is 7.30. The zero-order chi connectivity index (χ0) is 12.3. The summed E-state index contributed by atoms with van der Waals surface area (Å²) in [6.07, 6.45) is -5.42. The van der Waals surface area contributed by atoms with Crippen molar-refractivity contribution in [2.75, 3.05) is 0 Å². The number of halogens is 4. The van der Waals surface area contributed by atoms with Gasteiger partial charge in [0.2, 0.25) is 0 Å². The van der Waals surface area contributed by atoms with Crippen molar-refractivity contribution in [2.24, 2.45) is 0 Å². The largest absolute Gasteiger partial charge is 0.482 e. The van der Waals surface area contributed by atoms with Gasteiger partial charge in [-0.2, -0.15) is 13.2 Å². The standard InChI is InChI=1S/C10H8ClF3O2/c1-6(9(11)15)16-8-4-2-3-7(5-8)10(12,13)14/h2-6H,1H3. The van der Waals surface area contributed by atoms with E-state index in [1.807, 2.05) is 0 Å². The third kappa shape index (κ3) is 3.41. The first-order valence-electron chi connectivity index (χ1n) is 4.34. The maximum absolute atomic E-state index is 12.3. The van der Waals surface area contributed by atoms with Crippen molar-refractivity contribution in [1.82, 2.24) is 0 Å². The quantitative estimate of drug-likeness (QED) is 0.772. The number of alkyl halides is 3. The van der Waals surface area contributed by atoms with Crippen LogP contribution >= 0.6 is 11.6 Å². The molecule has 0 N–H and O–H groups in total. The summed E-state index contributed by atoms with van der Waals surface area (Å²) in [5.41, 5.74) is -0.834. The Morgan fingerprint density at radius 2 is 2.06 bits per heavy atom. The molecule has 2 nitrogen and oxygen atoms in total. The Hall–Kier alpha value is -1.23. The summed E-state index contributed by atoms with van der Waals surface area (Å²) in [7, 11) is 0. The van der Waals surface area contributed by atoms with Crippen molar-refractivity contribution in [1.29, 1.82) is 0 Å². The van der Waals surface area contributed by atoms with Crippen LogP contribution in [0.15, 0.2) is 24.3 Å². The van der Waals surface area contributed by atoms with Gasteiger partial charge in [0, 0.05) is 0 Å². The van der Waals surface area contributed by atoms with Gasteiger partial charge < -0.3 is 4.74 Å². The minimum absolute atomic E-state index is 0.0451. The van der Waals surface area contributed by atoms with Crippen molar-refractivity contribution in [3.05, 3.63) is 29.8 Å². The number of hydrogen-bond donors (Lipinski definition) is 0. The lowest BCUT2D eigenvalue weighted by Gasteiger charge is -2.12. The van der Waals surface area contributed by atoms with Gasteiger partial charge in [-0.15, -0.1) is 0 Å². The monoisotopic (exact) mass is 252 g/mol. The molecule has 0 radical (unpaired) electrons. The van der Waals surface area contributed by atoms with Crippen molar-refractivity contribution in [3.63, 3.8) is 0 Å². The minimum Gasteiger partial charge on any atom is -0.482 e. The van der Waals surface area contributed by atoms with Crippen molar-refractivity contribution >= 4 is 16.8 Å². The highest BCUT2D eigenvalue weighted by Crippen LogP contribution is 2.31. The van der Waals surface area contributed by atoms with Crippen LogP contribution in [-0.2, 0) is 11.0 Å². The van der Waals surface area contributed by atoms with Crippen molar-refractivity contribution in [3.8, 4) is 5.75 Å². The number of carbonyl (C=O) groups is 1. The normalized spacial score (nSPS) is 13.3. The second-order valence-electron chi connectivity index (χ2n) is 3.09. The highest BCUT2D eigenvalue weighted by Gasteiger charge is 2.30. The van der Waals surface area contributed by atoms with E-state index >= 15 is 0 Å². The summed E-state index contributed by atoms with van der Waals surface area (Å²) in [6, 6.07) is 4.26. The van der Waals surface area contributed by atoms with Gasteiger partial charge in [0.25, 0.3) is 5.24 Å². The van der Waals surface area contributed by atoms with E-state index in [4.69, 9.17) is 16.3 Å². The highest BCUT2D eigenvalue weighted by atomic mass is 35.5. The summed E-state index contributed by atoms with van der Waals surface area (Å²) in [5, 5.41) is -0.766. The topological polar surface area (TPSA) is 26.3 Å². The summed E-state index contributed by atoms with van der Waals surface area (Å²) in [6.45, 7) is 1.36. The average molecular weight is 253 g/mol. The van der Waals surface area contributed by atoms with E-state index in [2.05, 4.69) is 0 Å². The molecule has 6 heteroatoms. The second kappa shape index (κ2) is 4.74. The van der Waals surface area contributed by atoms with Gasteiger partial charge in [0.1, 0.15) is 5.75 Å². The highest BCUT2D eigenvalue weighted by molar-refractivity contribution is 6.64. The van der Waals surface area contributed by atoms with Crippen LogP contribution in [0.1, 0.15) is 12.5 Å². The Kier molecular flexibility index (Phi) is 3.80. The number of rotatable bonds is 3. The van der Waals surface area contributed by atoms with E-state index in [1.54, 1.807) is 0 Å². The number of ether oxygens (including phenoxy) is 1. The molecule has 0 bridgehead atoms. The van der Waals surface area contributed by atoms with E-state index in [0.29, 0.717) is 0 Å². The summed E-state index contributed by atoms with van der Waals surface area (Å²) < 4.78 is 41.9. The van der Waals surface area contributed by atoms with Crippen LogP contribution < -0.4 is 4.74 Å². The molecule has 1 aromatic rings. The molecule has 1 unspecified atom stereocenters. The molecule has 1 aromatic carbocycles. The molecule has 0 heterocycles. The SMILES string of the molecule is CC(Oc1cccc(C(F)(F)F)c1)C(=O)Cl. The molecule has 0 saturated carbocycles. The Morgan fingerprint density at radius 1 is 1.44 bits per heavy atom. The number of hydrogen-bond acceptors (Lipinski definition) is 2. The third-order valence-corrected chi connectivity index (χ3v) is 2.10. The predicted octanol–water partition coefficient (Wildman–Crippen LogP) is 3.24. The average Bonchev–Trinajstić information content (AvgIpc) is 2.16.